The van der Waals surface area contributed by atoms with Crippen molar-refractivity contribution in [2.24, 2.45) is 11.8 Å². The summed E-state index contributed by atoms with van der Waals surface area (Å²) in [5.74, 6) is 1.78. The van der Waals surface area contributed by atoms with Crippen molar-refractivity contribution in [3.63, 3.8) is 0 Å². The van der Waals surface area contributed by atoms with Gasteiger partial charge in [-0.25, -0.2) is 0 Å². The average molecular weight is 244 g/mol. The van der Waals surface area contributed by atoms with E-state index < -0.39 is 0 Å². The van der Waals surface area contributed by atoms with Crippen LogP contribution in [-0.4, -0.2) is 10.9 Å². The molecule has 0 radical (unpaired) electrons. The summed E-state index contributed by atoms with van der Waals surface area (Å²) in [5.41, 5.74) is 9.71. The molecule has 1 aliphatic carbocycles. The highest BCUT2D eigenvalue weighted by Gasteiger charge is 2.31. The minimum Gasteiger partial charge on any atom is -0.399 e. The molecule has 3 rings (SSSR count). The van der Waals surface area contributed by atoms with Crippen molar-refractivity contribution in [3.8, 4) is 0 Å². The Kier molecular flexibility index (Phi) is 3.06. The second-order valence-corrected chi connectivity index (χ2v) is 6.35. The lowest BCUT2D eigenvalue weighted by molar-refractivity contribution is 0.107. The Balaban J connectivity index is 1.70. The first kappa shape index (κ1) is 12.0. The highest BCUT2D eigenvalue weighted by molar-refractivity contribution is 5.46. The summed E-state index contributed by atoms with van der Waals surface area (Å²) in [4.78, 5) is 2.66. The Hall–Kier alpha value is -1.02. The number of hydrogen-bond acceptors (Lipinski definition) is 2. The van der Waals surface area contributed by atoms with Gasteiger partial charge in [0.25, 0.3) is 0 Å². The Bertz CT molecular complexity index is 441. The molecule has 1 heterocycles. The molecule has 1 fully saturated rings. The van der Waals surface area contributed by atoms with Gasteiger partial charge in [0.2, 0.25) is 0 Å². The minimum absolute atomic E-state index is 0.782. The summed E-state index contributed by atoms with van der Waals surface area (Å²) in [5, 5.41) is 0. The smallest absolute Gasteiger partial charge is 0.0317 e. The number of nitrogens with two attached hydrogens (primary N) is 1. The van der Waals surface area contributed by atoms with Crippen LogP contribution in [0.5, 0.6) is 0 Å². The SMILES string of the molecule is CC1CCC(N2Cc3ccc(N)cc3C2)CC1C. The molecule has 0 spiro atoms. The van der Waals surface area contributed by atoms with Crippen LogP contribution in [0, 0.1) is 11.8 Å². The number of rotatable bonds is 1. The molecule has 2 nitrogen and oxygen atoms in total. The quantitative estimate of drug-likeness (QED) is 0.767. The monoisotopic (exact) mass is 244 g/mol. The third kappa shape index (κ3) is 2.14. The van der Waals surface area contributed by atoms with Gasteiger partial charge in [0.05, 0.1) is 0 Å². The number of hydrogen-bond donors (Lipinski definition) is 1. The first-order valence-electron chi connectivity index (χ1n) is 7.25. The second-order valence-electron chi connectivity index (χ2n) is 6.35. The molecule has 0 aromatic heterocycles. The summed E-state index contributed by atoms with van der Waals surface area (Å²) >= 11 is 0. The zero-order valence-electron chi connectivity index (χ0n) is 11.5. The van der Waals surface area contributed by atoms with Gasteiger partial charge in [-0.1, -0.05) is 19.9 Å². The van der Waals surface area contributed by atoms with E-state index in [0.29, 0.717) is 0 Å². The van der Waals surface area contributed by atoms with Gasteiger partial charge in [-0.05, 0) is 54.4 Å². The van der Waals surface area contributed by atoms with Gasteiger partial charge in [0, 0.05) is 24.8 Å². The number of nitrogens with zero attached hydrogens (tertiary/aromatic N) is 1. The number of benzene rings is 1. The third-order valence-corrected chi connectivity index (χ3v) is 5.06. The molecular weight excluding hydrogens is 220 g/mol. The molecule has 98 valence electrons. The maximum Gasteiger partial charge on any atom is 0.0317 e. The largest absolute Gasteiger partial charge is 0.399 e. The average Bonchev–Trinajstić information content (AvgIpc) is 2.75. The molecule has 2 heteroatoms. The lowest BCUT2D eigenvalue weighted by atomic mass is 9.78. The van der Waals surface area contributed by atoms with Gasteiger partial charge in [0.15, 0.2) is 0 Å². The second kappa shape index (κ2) is 4.58. The minimum atomic E-state index is 0.782. The van der Waals surface area contributed by atoms with Crippen LogP contribution in [0.2, 0.25) is 0 Å². The van der Waals surface area contributed by atoms with E-state index in [-0.39, 0.29) is 0 Å². The molecule has 1 aromatic carbocycles. The van der Waals surface area contributed by atoms with Gasteiger partial charge in [-0.15, -0.1) is 0 Å². The molecule has 2 N–H and O–H groups in total. The van der Waals surface area contributed by atoms with E-state index in [4.69, 9.17) is 5.73 Å². The molecule has 18 heavy (non-hydrogen) atoms. The van der Waals surface area contributed by atoms with E-state index in [9.17, 15) is 0 Å². The van der Waals surface area contributed by atoms with Gasteiger partial charge in [0.1, 0.15) is 0 Å². The highest BCUT2D eigenvalue weighted by atomic mass is 15.2. The topological polar surface area (TPSA) is 29.3 Å². The Morgan fingerprint density at radius 2 is 1.83 bits per heavy atom. The van der Waals surface area contributed by atoms with Crippen molar-refractivity contribution in [1.29, 1.82) is 0 Å². The predicted molar refractivity (Wildman–Crippen MR) is 76.1 cm³/mol. The fraction of sp³-hybridized carbons (Fsp3) is 0.625. The molecule has 0 amide bonds. The molecule has 3 atom stereocenters. The van der Waals surface area contributed by atoms with E-state index in [1.54, 1.807) is 0 Å². The van der Waals surface area contributed by atoms with Crippen LogP contribution in [0.4, 0.5) is 5.69 Å². The molecule has 0 saturated heterocycles. The maximum absolute atomic E-state index is 5.88. The van der Waals surface area contributed by atoms with Crippen LogP contribution in [0.1, 0.15) is 44.2 Å². The lowest BCUT2D eigenvalue weighted by Gasteiger charge is -2.37. The molecule has 0 bridgehead atoms. The van der Waals surface area contributed by atoms with Crippen LogP contribution in [-0.2, 0) is 13.1 Å². The van der Waals surface area contributed by atoms with E-state index in [0.717, 1.165) is 36.7 Å². The normalized spacial score (nSPS) is 32.4. The molecule has 1 saturated carbocycles. The van der Waals surface area contributed by atoms with Crippen molar-refractivity contribution in [2.45, 2.75) is 52.2 Å². The summed E-state index contributed by atoms with van der Waals surface area (Å²) in [7, 11) is 0. The first-order chi connectivity index (χ1) is 8.63. The third-order valence-electron chi connectivity index (χ3n) is 5.06. The summed E-state index contributed by atoms with van der Waals surface area (Å²) in [6.07, 6.45) is 4.13. The Morgan fingerprint density at radius 1 is 1.06 bits per heavy atom. The Morgan fingerprint density at radius 3 is 2.61 bits per heavy atom. The first-order valence-corrected chi connectivity index (χ1v) is 7.25. The van der Waals surface area contributed by atoms with E-state index in [1.165, 1.54) is 30.4 Å². The van der Waals surface area contributed by atoms with Gasteiger partial charge in [-0.2, -0.15) is 0 Å². The predicted octanol–water partition coefficient (Wildman–Crippen LogP) is 3.41. The van der Waals surface area contributed by atoms with Gasteiger partial charge >= 0.3 is 0 Å². The van der Waals surface area contributed by atoms with Crippen molar-refractivity contribution >= 4 is 5.69 Å². The van der Waals surface area contributed by atoms with E-state index in [2.05, 4.69) is 30.9 Å². The fourth-order valence-electron chi connectivity index (χ4n) is 3.55. The summed E-state index contributed by atoms with van der Waals surface area (Å²) in [6, 6.07) is 7.18. The molecule has 1 aromatic rings. The van der Waals surface area contributed by atoms with Crippen LogP contribution >= 0.6 is 0 Å². The zero-order chi connectivity index (χ0) is 12.7. The standard InChI is InChI=1S/C16H24N2/c1-11-3-6-16(7-12(11)2)18-9-13-4-5-15(17)8-14(13)10-18/h4-5,8,11-12,16H,3,6-7,9-10,17H2,1-2H3. The van der Waals surface area contributed by atoms with Crippen LogP contribution < -0.4 is 5.73 Å². The van der Waals surface area contributed by atoms with Crippen molar-refractivity contribution in [1.82, 2.24) is 4.90 Å². The van der Waals surface area contributed by atoms with E-state index >= 15 is 0 Å². The molecule has 3 unspecified atom stereocenters. The highest BCUT2D eigenvalue weighted by Crippen LogP contribution is 2.36. The summed E-state index contributed by atoms with van der Waals surface area (Å²) < 4.78 is 0. The summed E-state index contributed by atoms with van der Waals surface area (Å²) in [6.45, 7) is 7.05. The molecule has 1 aliphatic heterocycles. The fourth-order valence-corrected chi connectivity index (χ4v) is 3.55. The van der Waals surface area contributed by atoms with Crippen molar-refractivity contribution in [3.05, 3.63) is 29.3 Å². The zero-order valence-corrected chi connectivity index (χ0v) is 11.5. The van der Waals surface area contributed by atoms with Crippen LogP contribution in [0.25, 0.3) is 0 Å². The molecular formula is C16H24N2. The van der Waals surface area contributed by atoms with E-state index in [1.807, 2.05) is 6.07 Å². The number of nitrogen functional groups attached to an aromatic ring is 1. The van der Waals surface area contributed by atoms with Gasteiger partial charge in [-0.3, -0.25) is 4.90 Å². The van der Waals surface area contributed by atoms with Crippen LogP contribution in [0.3, 0.4) is 0 Å². The van der Waals surface area contributed by atoms with Crippen molar-refractivity contribution in [2.75, 3.05) is 5.73 Å². The van der Waals surface area contributed by atoms with Crippen LogP contribution in [0.15, 0.2) is 18.2 Å². The van der Waals surface area contributed by atoms with Crippen molar-refractivity contribution < 1.29 is 0 Å². The number of fused-ring (bicyclic) bond motifs is 1. The number of anilines is 1. The lowest BCUT2D eigenvalue weighted by Crippen LogP contribution is -2.37. The maximum atomic E-state index is 5.88. The molecule has 2 aliphatic rings. The van der Waals surface area contributed by atoms with Gasteiger partial charge < -0.3 is 5.73 Å². The Labute approximate surface area is 110 Å².